The maximum atomic E-state index is 13.1. The highest BCUT2D eigenvalue weighted by molar-refractivity contribution is 5.87. The van der Waals surface area contributed by atoms with Crippen molar-refractivity contribution in [3.8, 4) is 34.3 Å². The molecular weight excluding hydrogens is 460 g/mol. The molecule has 3 rings (SSSR count). The van der Waals surface area contributed by atoms with Gasteiger partial charge in [-0.25, -0.2) is 0 Å². The first-order chi connectivity index (χ1) is 17.5. The molecule has 0 aliphatic carbocycles. The normalized spacial score (nSPS) is 11.2. The Balaban J connectivity index is 1.66. The van der Waals surface area contributed by atoms with Gasteiger partial charge in [0.25, 0.3) is 0 Å². The first-order valence-electron chi connectivity index (χ1n) is 12.8. The van der Waals surface area contributed by atoms with E-state index in [9.17, 15) is 15.0 Å². The smallest absolute Gasteiger partial charge is 0.235 e. The van der Waals surface area contributed by atoms with Gasteiger partial charge in [-0.05, 0) is 55.2 Å². The van der Waals surface area contributed by atoms with Gasteiger partial charge in [0, 0.05) is 12.2 Å². The number of unbranched alkanes of at least 4 members (excludes halogenated alkanes) is 9. The maximum absolute atomic E-state index is 13.1. The third-order valence-electron chi connectivity index (χ3n) is 6.53. The molecule has 0 atom stereocenters. The van der Waals surface area contributed by atoms with Crippen molar-refractivity contribution in [3.05, 3.63) is 46.1 Å². The molecule has 36 heavy (non-hydrogen) atoms. The molecule has 0 amide bonds. The first kappa shape index (κ1) is 27.4. The second kappa shape index (κ2) is 13.8. The molecule has 3 aromatic rings. The van der Waals surface area contributed by atoms with Crippen LogP contribution in [0.4, 0.5) is 0 Å². The van der Waals surface area contributed by atoms with Crippen LogP contribution in [0.15, 0.2) is 39.5 Å². The van der Waals surface area contributed by atoms with Crippen LogP contribution in [0.1, 0.15) is 69.8 Å². The third kappa shape index (κ3) is 6.94. The molecule has 0 radical (unpaired) electrons. The predicted octanol–water partition coefficient (Wildman–Crippen LogP) is 6.32. The van der Waals surface area contributed by atoms with E-state index in [1.54, 1.807) is 12.1 Å². The lowest BCUT2D eigenvalue weighted by Crippen LogP contribution is -2.05. The Bertz CT molecular complexity index is 1180. The number of phenols is 1. The van der Waals surface area contributed by atoms with E-state index in [0.717, 1.165) is 37.7 Å². The van der Waals surface area contributed by atoms with Gasteiger partial charge in [-0.1, -0.05) is 51.4 Å². The van der Waals surface area contributed by atoms with Gasteiger partial charge in [0.2, 0.25) is 11.2 Å². The van der Waals surface area contributed by atoms with E-state index in [1.807, 2.05) is 6.07 Å². The predicted molar refractivity (Wildman–Crippen MR) is 141 cm³/mol. The first-order valence-corrected chi connectivity index (χ1v) is 12.8. The molecule has 0 aliphatic rings. The van der Waals surface area contributed by atoms with E-state index < -0.39 is 11.2 Å². The van der Waals surface area contributed by atoms with Crippen LogP contribution in [-0.4, -0.2) is 36.1 Å². The SMILES string of the molecule is COc1cc(-c2oc3c(OC)cc(CCCCCCCCCCCCO)cc3c(=O)c2O)ccc1O. The van der Waals surface area contributed by atoms with E-state index in [4.69, 9.17) is 19.0 Å². The van der Waals surface area contributed by atoms with Gasteiger partial charge in [-0.3, -0.25) is 4.79 Å². The van der Waals surface area contributed by atoms with Crippen molar-refractivity contribution < 1.29 is 29.2 Å². The van der Waals surface area contributed by atoms with Gasteiger partial charge >= 0.3 is 0 Å². The lowest BCUT2D eigenvalue weighted by molar-refractivity contribution is 0.282. The Morgan fingerprint density at radius 3 is 2.00 bits per heavy atom. The number of rotatable bonds is 15. The van der Waals surface area contributed by atoms with Crippen molar-refractivity contribution in [1.82, 2.24) is 0 Å². The second-order valence-corrected chi connectivity index (χ2v) is 9.18. The Morgan fingerprint density at radius 1 is 0.778 bits per heavy atom. The Labute approximate surface area is 212 Å². The average Bonchev–Trinajstić information content (AvgIpc) is 2.89. The van der Waals surface area contributed by atoms with Crippen LogP contribution in [0.5, 0.6) is 23.0 Å². The average molecular weight is 499 g/mol. The van der Waals surface area contributed by atoms with E-state index in [2.05, 4.69) is 0 Å². The van der Waals surface area contributed by atoms with Crippen molar-refractivity contribution in [1.29, 1.82) is 0 Å². The molecule has 7 nitrogen and oxygen atoms in total. The molecule has 3 N–H and O–H groups in total. The number of aryl methyl sites for hydroxylation is 1. The zero-order valence-electron chi connectivity index (χ0n) is 21.3. The Hall–Kier alpha value is -3.19. The minimum atomic E-state index is -0.530. The van der Waals surface area contributed by atoms with Gasteiger partial charge in [0.15, 0.2) is 28.6 Å². The number of aromatic hydroxyl groups is 2. The summed E-state index contributed by atoms with van der Waals surface area (Å²) in [5, 5.41) is 29.6. The number of fused-ring (bicyclic) bond motifs is 1. The van der Waals surface area contributed by atoms with Crippen molar-refractivity contribution in [2.75, 3.05) is 20.8 Å². The lowest BCUT2D eigenvalue weighted by atomic mass is 10.0. The summed E-state index contributed by atoms with van der Waals surface area (Å²) in [7, 11) is 2.95. The number of methoxy groups -OCH3 is 2. The number of benzene rings is 2. The molecule has 1 heterocycles. The van der Waals surface area contributed by atoms with Gasteiger partial charge in [0.05, 0.1) is 19.6 Å². The summed E-state index contributed by atoms with van der Waals surface area (Å²) in [5.74, 6) is 0.0826. The summed E-state index contributed by atoms with van der Waals surface area (Å²) in [6.07, 6.45) is 12.3. The largest absolute Gasteiger partial charge is 0.504 e. The molecule has 0 aliphatic heterocycles. The molecule has 0 bridgehead atoms. The van der Waals surface area contributed by atoms with Crippen LogP contribution in [-0.2, 0) is 6.42 Å². The maximum Gasteiger partial charge on any atom is 0.235 e. The van der Waals surface area contributed by atoms with Crippen LogP contribution in [0.25, 0.3) is 22.3 Å². The molecule has 2 aromatic carbocycles. The summed E-state index contributed by atoms with van der Waals surface area (Å²) in [6.45, 7) is 0.297. The van der Waals surface area contributed by atoms with Crippen molar-refractivity contribution in [3.63, 3.8) is 0 Å². The van der Waals surface area contributed by atoms with E-state index in [-0.39, 0.29) is 28.2 Å². The van der Waals surface area contributed by atoms with Gasteiger partial charge in [0.1, 0.15) is 0 Å². The Kier molecular flexibility index (Phi) is 10.5. The fourth-order valence-corrected chi connectivity index (χ4v) is 4.48. The number of hydrogen-bond acceptors (Lipinski definition) is 7. The van der Waals surface area contributed by atoms with E-state index in [0.29, 0.717) is 17.9 Å². The summed E-state index contributed by atoms with van der Waals surface area (Å²) < 4.78 is 16.6. The molecule has 0 unspecified atom stereocenters. The number of hydrogen-bond donors (Lipinski definition) is 3. The van der Waals surface area contributed by atoms with E-state index >= 15 is 0 Å². The molecule has 0 spiro atoms. The number of ether oxygens (including phenoxy) is 2. The standard InChI is InChI=1S/C29H38O7/c1-34-24-19-21(14-15-23(24)31)28-27(33)26(32)22-17-20(18-25(35-2)29(22)36-28)13-11-9-7-5-3-4-6-8-10-12-16-30/h14-15,17-19,30-31,33H,3-13,16H2,1-2H3. The highest BCUT2D eigenvalue weighted by Gasteiger charge is 2.20. The minimum absolute atomic E-state index is 0.00903. The van der Waals surface area contributed by atoms with Crippen LogP contribution in [0, 0.1) is 0 Å². The topological polar surface area (TPSA) is 109 Å². The molecule has 0 saturated carbocycles. The lowest BCUT2D eigenvalue weighted by Gasteiger charge is -2.12. The summed E-state index contributed by atoms with van der Waals surface area (Å²) in [6, 6.07) is 8.11. The molecule has 1 aromatic heterocycles. The van der Waals surface area contributed by atoms with Crippen LogP contribution in [0.2, 0.25) is 0 Å². The van der Waals surface area contributed by atoms with Gasteiger partial charge in [-0.2, -0.15) is 0 Å². The summed E-state index contributed by atoms with van der Waals surface area (Å²) in [4.78, 5) is 13.1. The van der Waals surface area contributed by atoms with Gasteiger partial charge in [-0.15, -0.1) is 0 Å². The molecular formula is C29H38O7. The molecule has 196 valence electrons. The van der Waals surface area contributed by atoms with Crippen molar-refractivity contribution in [2.24, 2.45) is 0 Å². The van der Waals surface area contributed by atoms with Crippen molar-refractivity contribution in [2.45, 2.75) is 70.6 Å². The number of aliphatic hydroxyl groups excluding tert-OH is 1. The zero-order valence-corrected chi connectivity index (χ0v) is 21.3. The third-order valence-corrected chi connectivity index (χ3v) is 6.53. The van der Waals surface area contributed by atoms with Crippen LogP contribution >= 0.6 is 0 Å². The number of aliphatic hydroxyl groups is 1. The molecule has 0 saturated heterocycles. The molecule has 7 heteroatoms. The molecule has 0 fully saturated rings. The number of phenolic OH excluding ortho intramolecular Hbond substituents is 1. The van der Waals surface area contributed by atoms with Crippen molar-refractivity contribution >= 4 is 11.0 Å². The monoisotopic (exact) mass is 498 g/mol. The second-order valence-electron chi connectivity index (χ2n) is 9.18. The fraction of sp³-hybridized carbons (Fsp3) is 0.483. The van der Waals surface area contributed by atoms with E-state index in [1.165, 1.54) is 64.9 Å². The van der Waals surface area contributed by atoms with Crippen LogP contribution in [0.3, 0.4) is 0 Å². The van der Waals surface area contributed by atoms with Crippen LogP contribution < -0.4 is 14.9 Å². The fourth-order valence-electron chi connectivity index (χ4n) is 4.48. The minimum Gasteiger partial charge on any atom is -0.504 e. The Morgan fingerprint density at radius 2 is 1.39 bits per heavy atom. The quantitative estimate of drug-likeness (QED) is 0.210. The van der Waals surface area contributed by atoms with Gasteiger partial charge < -0.3 is 29.2 Å². The summed E-state index contributed by atoms with van der Waals surface area (Å²) in [5.41, 5.74) is 1.11. The zero-order chi connectivity index (χ0) is 25.9. The highest BCUT2D eigenvalue weighted by atomic mass is 16.5. The summed E-state index contributed by atoms with van der Waals surface area (Å²) >= 11 is 0. The highest BCUT2D eigenvalue weighted by Crippen LogP contribution is 2.38.